The van der Waals surface area contributed by atoms with Crippen LogP contribution in [0.3, 0.4) is 0 Å². The molecule has 0 aliphatic carbocycles. The van der Waals surface area contributed by atoms with Crippen LogP contribution in [0.5, 0.6) is 0 Å². The molecule has 0 aliphatic rings. The molecule has 0 saturated heterocycles. The number of nitrogens with two attached hydrogens (primary N) is 1. The highest BCUT2D eigenvalue weighted by molar-refractivity contribution is 6.11. The average molecular weight is 398 g/mol. The maximum Gasteiger partial charge on any atom is 0.259 e. The Bertz CT molecular complexity index is 1320. The Labute approximate surface area is 172 Å². The number of carbonyl (C=O) groups excluding carboxylic acids is 2. The molecule has 1 aromatic heterocycles. The molecule has 2 amide bonds. The summed E-state index contributed by atoms with van der Waals surface area (Å²) in [6, 6.07) is 20.4. The van der Waals surface area contributed by atoms with Crippen LogP contribution in [0, 0.1) is 6.92 Å². The summed E-state index contributed by atoms with van der Waals surface area (Å²) in [5.74, 6) is -0.551. The molecule has 1 heterocycles. The van der Waals surface area contributed by atoms with Crippen molar-refractivity contribution in [1.29, 1.82) is 0 Å². The van der Waals surface area contributed by atoms with Gasteiger partial charge in [-0.2, -0.15) is 0 Å². The maximum absolute atomic E-state index is 12.9. The molecule has 148 valence electrons. The Morgan fingerprint density at radius 2 is 1.60 bits per heavy atom. The molecule has 6 nitrogen and oxygen atoms in total. The topological polar surface area (TPSA) is 102 Å². The van der Waals surface area contributed by atoms with Gasteiger partial charge < -0.3 is 15.5 Å². The summed E-state index contributed by atoms with van der Waals surface area (Å²) in [5, 5.41) is 3.09. The van der Waals surface area contributed by atoms with Gasteiger partial charge in [0.15, 0.2) is 11.0 Å². The first-order valence-electron chi connectivity index (χ1n) is 9.29. The molecule has 0 unspecified atom stereocenters. The lowest BCUT2D eigenvalue weighted by atomic mass is 10.0. The Morgan fingerprint density at radius 1 is 0.900 bits per heavy atom. The van der Waals surface area contributed by atoms with E-state index in [0.29, 0.717) is 28.0 Å². The van der Waals surface area contributed by atoms with E-state index in [0.717, 1.165) is 5.56 Å². The number of primary amides is 1. The highest BCUT2D eigenvalue weighted by Crippen LogP contribution is 2.27. The smallest absolute Gasteiger partial charge is 0.259 e. The van der Waals surface area contributed by atoms with Crippen LogP contribution in [0.4, 0.5) is 5.69 Å². The van der Waals surface area contributed by atoms with Crippen molar-refractivity contribution in [3.8, 4) is 11.3 Å². The first-order valence-corrected chi connectivity index (χ1v) is 9.29. The van der Waals surface area contributed by atoms with Gasteiger partial charge in [0, 0.05) is 22.4 Å². The Hall–Kier alpha value is -4.19. The summed E-state index contributed by atoms with van der Waals surface area (Å²) in [6.45, 7) is 1.71. The third-order valence-electron chi connectivity index (χ3n) is 4.85. The summed E-state index contributed by atoms with van der Waals surface area (Å²) < 4.78 is 6.08. The van der Waals surface area contributed by atoms with E-state index in [4.69, 9.17) is 10.2 Å². The fourth-order valence-corrected chi connectivity index (χ4v) is 3.27. The van der Waals surface area contributed by atoms with Crippen LogP contribution in [-0.2, 0) is 0 Å². The Balaban J connectivity index is 1.79. The number of amides is 2. The maximum atomic E-state index is 12.9. The molecule has 4 aromatic rings. The van der Waals surface area contributed by atoms with E-state index in [1.807, 2.05) is 30.3 Å². The van der Waals surface area contributed by atoms with Gasteiger partial charge in [-0.25, -0.2) is 0 Å². The molecular weight excluding hydrogens is 380 g/mol. The van der Waals surface area contributed by atoms with Crippen molar-refractivity contribution in [2.45, 2.75) is 6.92 Å². The first-order chi connectivity index (χ1) is 14.5. The van der Waals surface area contributed by atoms with Crippen molar-refractivity contribution in [3.05, 3.63) is 99.7 Å². The zero-order valence-corrected chi connectivity index (χ0v) is 16.1. The summed E-state index contributed by atoms with van der Waals surface area (Å²) in [4.78, 5) is 37.1. The van der Waals surface area contributed by atoms with E-state index in [1.165, 1.54) is 12.1 Å². The largest absolute Gasteiger partial charge is 0.455 e. The minimum absolute atomic E-state index is 0.185. The Morgan fingerprint density at radius 3 is 2.27 bits per heavy atom. The Kier molecular flexibility index (Phi) is 4.90. The van der Waals surface area contributed by atoms with E-state index < -0.39 is 11.8 Å². The van der Waals surface area contributed by atoms with Gasteiger partial charge >= 0.3 is 0 Å². The fourth-order valence-electron chi connectivity index (χ4n) is 3.27. The lowest BCUT2D eigenvalue weighted by Gasteiger charge is -2.11. The highest BCUT2D eigenvalue weighted by atomic mass is 16.3. The van der Waals surface area contributed by atoms with E-state index >= 15 is 0 Å². The lowest BCUT2D eigenvalue weighted by Crippen LogP contribution is -2.15. The van der Waals surface area contributed by atoms with E-state index in [9.17, 15) is 14.4 Å². The van der Waals surface area contributed by atoms with Crippen LogP contribution in [0.2, 0.25) is 0 Å². The average Bonchev–Trinajstić information content (AvgIpc) is 2.76. The number of rotatable bonds is 4. The summed E-state index contributed by atoms with van der Waals surface area (Å²) in [5.41, 5.74) is 7.57. The summed E-state index contributed by atoms with van der Waals surface area (Å²) >= 11 is 0. The number of benzene rings is 3. The molecule has 0 fully saturated rings. The van der Waals surface area contributed by atoms with Gasteiger partial charge in [-0.15, -0.1) is 0 Å². The lowest BCUT2D eigenvalue weighted by molar-refractivity contribution is 0.0998. The first kappa shape index (κ1) is 19.1. The second-order valence-corrected chi connectivity index (χ2v) is 6.83. The van der Waals surface area contributed by atoms with Crippen LogP contribution >= 0.6 is 0 Å². The molecule has 0 spiro atoms. The number of hydrogen-bond donors (Lipinski definition) is 2. The molecule has 3 aromatic carbocycles. The van der Waals surface area contributed by atoms with Crippen LogP contribution in [0.1, 0.15) is 26.3 Å². The number of carbonyl (C=O) groups is 2. The van der Waals surface area contributed by atoms with Crippen molar-refractivity contribution in [3.63, 3.8) is 0 Å². The van der Waals surface area contributed by atoms with Gasteiger partial charge in [0.05, 0.1) is 10.9 Å². The molecule has 4 rings (SSSR count). The van der Waals surface area contributed by atoms with Crippen LogP contribution in [0.15, 0.2) is 82.0 Å². The molecule has 0 radical (unpaired) electrons. The monoisotopic (exact) mass is 398 g/mol. The summed E-state index contributed by atoms with van der Waals surface area (Å²) in [6.07, 6.45) is 0. The predicted molar refractivity (Wildman–Crippen MR) is 116 cm³/mol. The van der Waals surface area contributed by atoms with Crippen molar-refractivity contribution in [1.82, 2.24) is 0 Å². The molecule has 0 bridgehead atoms. The quantitative estimate of drug-likeness (QED) is 0.540. The molecule has 30 heavy (non-hydrogen) atoms. The number of hydrogen-bond acceptors (Lipinski definition) is 4. The van der Waals surface area contributed by atoms with Gasteiger partial charge in [-0.05, 0) is 43.3 Å². The number of fused-ring (bicyclic) bond motifs is 1. The normalized spacial score (nSPS) is 10.7. The minimum atomic E-state index is -0.549. The van der Waals surface area contributed by atoms with Gasteiger partial charge in [0.2, 0.25) is 5.91 Å². The number of para-hydroxylation sites is 1. The van der Waals surface area contributed by atoms with Crippen molar-refractivity contribution < 1.29 is 14.0 Å². The molecular formula is C24H18N2O4. The third kappa shape index (κ3) is 3.46. The minimum Gasteiger partial charge on any atom is -0.455 e. The predicted octanol–water partition coefficient (Wildman–Crippen LogP) is 4.12. The second-order valence-electron chi connectivity index (χ2n) is 6.83. The summed E-state index contributed by atoms with van der Waals surface area (Å²) in [7, 11) is 0. The third-order valence-corrected chi connectivity index (χ3v) is 4.85. The molecule has 0 saturated carbocycles. The number of nitrogens with one attached hydrogen (secondary N) is 1. The van der Waals surface area contributed by atoms with Crippen molar-refractivity contribution >= 4 is 28.5 Å². The molecule has 6 heteroatoms. The molecule has 0 atom stereocenters. The van der Waals surface area contributed by atoms with Crippen LogP contribution in [0.25, 0.3) is 22.3 Å². The van der Waals surface area contributed by atoms with Crippen LogP contribution in [-0.4, -0.2) is 11.8 Å². The van der Waals surface area contributed by atoms with E-state index in [2.05, 4.69) is 5.32 Å². The standard InChI is InChI=1S/C24H18N2O4/c1-14-20(27)18-8-5-9-19(22(18)30-21(14)15-6-3-2-4-7-15)24(29)26-17-12-10-16(11-13-17)23(25)28/h2-13H,1H3,(H2,25,28)(H,26,29). The molecule has 0 aliphatic heterocycles. The van der Waals surface area contributed by atoms with E-state index in [1.54, 1.807) is 37.3 Å². The van der Waals surface area contributed by atoms with Crippen molar-refractivity contribution in [2.24, 2.45) is 5.73 Å². The van der Waals surface area contributed by atoms with Crippen LogP contribution < -0.4 is 16.5 Å². The zero-order chi connectivity index (χ0) is 21.3. The SMILES string of the molecule is Cc1c(-c2ccccc2)oc2c(C(=O)Nc3ccc(C(N)=O)cc3)cccc2c1=O. The fraction of sp³-hybridized carbons (Fsp3) is 0.0417. The van der Waals surface area contributed by atoms with Gasteiger partial charge in [-0.3, -0.25) is 14.4 Å². The van der Waals surface area contributed by atoms with Gasteiger partial charge in [-0.1, -0.05) is 36.4 Å². The van der Waals surface area contributed by atoms with Gasteiger partial charge in [0.25, 0.3) is 5.91 Å². The zero-order valence-electron chi connectivity index (χ0n) is 16.1. The van der Waals surface area contributed by atoms with Crippen molar-refractivity contribution in [2.75, 3.05) is 5.32 Å². The highest BCUT2D eigenvalue weighted by Gasteiger charge is 2.18. The number of anilines is 1. The van der Waals surface area contributed by atoms with Gasteiger partial charge in [0.1, 0.15) is 5.76 Å². The molecule has 3 N–H and O–H groups in total. The van der Waals surface area contributed by atoms with E-state index in [-0.39, 0.29) is 16.6 Å². The second kappa shape index (κ2) is 7.67.